The molecule has 0 amide bonds. The summed E-state index contributed by atoms with van der Waals surface area (Å²) < 4.78 is 6.46. The van der Waals surface area contributed by atoms with Crippen molar-refractivity contribution in [2.75, 3.05) is 18.6 Å². The highest BCUT2D eigenvalue weighted by atomic mass is 32.2. The number of phenols is 1. The fourth-order valence-electron chi connectivity index (χ4n) is 4.91. The van der Waals surface area contributed by atoms with Gasteiger partial charge in [-0.25, -0.2) is 0 Å². The Balaban J connectivity index is 2.75. The van der Waals surface area contributed by atoms with Crippen molar-refractivity contribution in [3.63, 3.8) is 0 Å². The van der Waals surface area contributed by atoms with Gasteiger partial charge in [0, 0.05) is 28.4 Å². The first-order valence-electron chi connectivity index (χ1n) is 13.6. The van der Waals surface area contributed by atoms with Crippen LogP contribution in [0.5, 0.6) is 11.5 Å². The van der Waals surface area contributed by atoms with E-state index < -0.39 is 6.10 Å². The Labute approximate surface area is 225 Å². The second-order valence-electron chi connectivity index (χ2n) is 12.2. The fraction of sp³-hybridized carbons (Fsp3) is 0.625. The number of rotatable bonds is 12. The summed E-state index contributed by atoms with van der Waals surface area (Å²) in [6.45, 7) is 20.2. The molecule has 3 nitrogen and oxygen atoms in total. The Morgan fingerprint density at radius 2 is 1.44 bits per heavy atom. The average Bonchev–Trinajstić information content (AvgIpc) is 2.77. The zero-order chi connectivity index (χ0) is 27.2. The highest BCUT2D eigenvalue weighted by Crippen LogP contribution is 2.44. The molecule has 36 heavy (non-hydrogen) atoms. The maximum absolute atomic E-state index is 11.3. The molecule has 2 N–H and O–H groups in total. The van der Waals surface area contributed by atoms with Gasteiger partial charge >= 0.3 is 0 Å². The minimum atomic E-state index is -0.527. The van der Waals surface area contributed by atoms with E-state index in [1.807, 2.05) is 6.26 Å². The molecule has 0 aromatic heterocycles. The number of hydrogen-bond acceptors (Lipinski definition) is 4. The van der Waals surface area contributed by atoms with Gasteiger partial charge in [0.05, 0.1) is 6.10 Å². The highest BCUT2D eigenvalue weighted by molar-refractivity contribution is 7.98. The average molecular weight is 515 g/mol. The topological polar surface area (TPSA) is 49.7 Å². The summed E-state index contributed by atoms with van der Waals surface area (Å²) in [5, 5.41) is 21.8. The molecule has 202 valence electrons. The van der Waals surface area contributed by atoms with Crippen molar-refractivity contribution in [2.45, 2.75) is 99.0 Å². The van der Waals surface area contributed by atoms with Crippen molar-refractivity contribution in [1.82, 2.24) is 0 Å². The minimum absolute atomic E-state index is 0.0525. The first kappa shape index (κ1) is 30.6. The molecule has 2 atom stereocenters. The van der Waals surface area contributed by atoms with E-state index in [-0.39, 0.29) is 17.9 Å². The number of hydrogen-bond donors (Lipinski definition) is 2. The fourth-order valence-corrected chi connectivity index (χ4v) is 5.39. The van der Waals surface area contributed by atoms with Gasteiger partial charge in [-0.15, -0.1) is 0 Å². The van der Waals surface area contributed by atoms with Crippen molar-refractivity contribution in [3.8, 4) is 11.5 Å². The van der Waals surface area contributed by atoms with E-state index >= 15 is 0 Å². The molecule has 0 saturated carbocycles. The lowest BCUT2D eigenvalue weighted by Gasteiger charge is -2.29. The van der Waals surface area contributed by atoms with Crippen molar-refractivity contribution in [3.05, 3.63) is 57.6 Å². The molecular weight excluding hydrogens is 464 g/mol. The molecule has 2 rings (SSSR count). The molecule has 0 aliphatic heterocycles. The van der Waals surface area contributed by atoms with Gasteiger partial charge < -0.3 is 14.9 Å². The van der Waals surface area contributed by atoms with Crippen molar-refractivity contribution in [2.24, 2.45) is 11.8 Å². The minimum Gasteiger partial charge on any atom is -0.507 e. The van der Waals surface area contributed by atoms with Gasteiger partial charge in [-0.1, -0.05) is 86.6 Å². The van der Waals surface area contributed by atoms with Crippen LogP contribution in [-0.2, 0) is 24.7 Å². The second kappa shape index (κ2) is 13.2. The molecule has 0 aliphatic carbocycles. The van der Waals surface area contributed by atoms with Crippen LogP contribution in [0.1, 0.15) is 102 Å². The molecule has 0 radical (unpaired) electrons. The molecule has 2 aromatic rings. The predicted molar refractivity (Wildman–Crippen MR) is 157 cm³/mol. The van der Waals surface area contributed by atoms with Crippen LogP contribution in [0, 0.1) is 11.8 Å². The molecule has 2 unspecified atom stereocenters. The van der Waals surface area contributed by atoms with E-state index in [2.05, 4.69) is 86.6 Å². The summed E-state index contributed by atoms with van der Waals surface area (Å²) in [5.74, 6) is 2.92. The van der Waals surface area contributed by atoms with E-state index in [1.165, 1.54) is 11.1 Å². The van der Waals surface area contributed by atoms with E-state index in [0.29, 0.717) is 23.3 Å². The van der Waals surface area contributed by atoms with Crippen LogP contribution in [0.25, 0.3) is 0 Å². The molecule has 2 aromatic carbocycles. The SMILES string of the molecule is CCc1cc(CC(C)C)cc(C(C)c2cc(CC(C)C)cc(C(C)(C)C)c2OCC(O)CSC)c1O. The third-order valence-electron chi connectivity index (χ3n) is 6.64. The number of aryl methyl sites for hydroxylation is 1. The standard InChI is InChI=1S/C32H50O3S/c1-11-25-14-23(12-20(2)3)15-27(30(25)34)22(6)28-16-24(13-21(4)5)17-29(32(7,8)9)31(28)35-18-26(33)19-36-10/h14-17,20-22,26,33-34H,11-13,18-19H2,1-10H3. The lowest BCUT2D eigenvalue weighted by Crippen LogP contribution is -2.23. The highest BCUT2D eigenvalue weighted by Gasteiger charge is 2.28. The zero-order valence-electron chi connectivity index (χ0n) is 24.4. The summed E-state index contributed by atoms with van der Waals surface area (Å²) in [5.41, 5.74) is 6.65. The van der Waals surface area contributed by atoms with Crippen LogP contribution in [0.4, 0.5) is 0 Å². The van der Waals surface area contributed by atoms with Gasteiger partial charge in [-0.3, -0.25) is 0 Å². The quantitative estimate of drug-likeness (QED) is 0.302. The van der Waals surface area contributed by atoms with Gasteiger partial charge in [-0.05, 0) is 59.5 Å². The summed E-state index contributed by atoms with van der Waals surface area (Å²) in [7, 11) is 0. The molecule has 0 aliphatic rings. The summed E-state index contributed by atoms with van der Waals surface area (Å²) in [6.07, 6.45) is 4.23. The summed E-state index contributed by atoms with van der Waals surface area (Å²) in [4.78, 5) is 0. The molecule has 0 saturated heterocycles. The Morgan fingerprint density at radius 3 is 1.94 bits per heavy atom. The monoisotopic (exact) mass is 514 g/mol. The Morgan fingerprint density at radius 1 is 0.889 bits per heavy atom. The zero-order valence-corrected chi connectivity index (χ0v) is 25.2. The number of ether oxygens (including phenoxy) is 1. The molecule has 0 fully saturated rings. The predicted octanol–water partition coefficient (Wildman–Crippen LogP) is 7.90. The van der Waals surface area contributed by atoms with Gasteiger partial charge in [0.1, 0.15) is 18.1 Å². The summed E-state index contributed by atoms with van der Waals surface area (Å²) in [6, 6.07) is 8.92. The Hall–Kier alpha value is -1.65. The lowest BCUT2D eigenvalue weighted by atomic mass is 9.79. The second-order valence-corrected chi connectivity index (χ2v) is 13.1. The van der Waals surface area contributed by atoms with Crippen LogP contribution in [0.15, 0.2) is 24.3 Å². The Kier molecular flexibility index (Phi) is 11.2. The Bertz CT molecular complexity index is 988. The molecule has 0 spiro atoms. The van der Waals surface area contributed by atoms with E-state index in [1.54, 1.807) is 11.8 Å². The van der Waals surface area contributed by atoms with Gasteiger partial charge in [0.15, 0.2) is 0 Å². The van der Waals surface area contributed by atoms with Crippen LogP contribution in [-0.4, -0.2) is 34.9 Å². The summed E-state index contributed by atoms with van der Waals surface area (Å²) >= 11 is 1.62. The lowest BCUT2D eigenvalue weighted by molar-refractivity contribution is 0.124. The first-order valence-corrected chi connectivity index (χ1v) is 15.0. The van der Waals surface area contributed by atoms with Gasteiger partial charge in [0.25, 0.3) is 0 Å². The van der Waals surface area contributed by atoms with Crippen molar-refractivity contribution >= 4 is 11.8 Å². The number of aliphatic hydroxyl groups is 1. The van der Waals surface area contributed by atoms with E-state index in [0.717, 1.165) is 47.3 Å². The van der Waals surface area contributed by atoms with Crippen molar-refractivity contribution < 1.29 is 14.9 Å². The maximum Gasteiger partial charge on any atom is 0.126 e. The van der Waals surface area contributed by atoms with Gasteiger partial charge in [-0.2, -0.15) is 11.8 Å². The van der Waals surface area contributed by atoms with Crippen molar-refractivity contribution in [1.29, 1.82) is 0 Å². The van der Waals surface area contributed by atoms with Crippen LogP contribution in [0.3, 0.4) is 0 Å². The van der Waals surface area contributed by atoms with Crippen LogP contribution in [0.2, 0.25) is 0 Å². The molecular formula is C32H50O3S. The molecule has 4 heteroatoms. The van der Waals surface area contributed by atoms with Gasteiger partial charge in [0.2, 0.25) is 0 Å². The van der Waals surface area contributed by atoms with E-state index in [4.69, 9.17) is 4.74 Å². The van der Waals surface area contributed by atoms with Crippen LogP contribution >= 0.6 is 11.8 Å². The number of thioether (sulfide) groups is 1. The third-order valence-corrected chi connectivity index (χ3v) is 7.36. The number of benzene rings is 2. The number of aromatic hydroxyl groups is 1. The smallest absolute Gasteiger partial charge is 0.126 e. The third kappa shape index (κ3) is 8.18. The number of phenolic OH excluding ortho intramolecular Hbond substituents is 1. The first-order chi connectivity index (χ1) is 16.8. The largest absolute Gasteiger partial charge is 0.507 e. The van der Waals surface area contributed by atoms with Crippen LogP contribution < -0.4 is 4.74 Å². The normalized spacial score (nSPS) is 13.9. The van der Waals surface area contributed by atoms with E-state index in [9.17, 15) is 10.2 Å². The maximum atomic E-state index is 11.3. The molecule has 0 bridgehead atoms. The molecule has 0 heterocycles. The number of aliphatic hydroxyl groups excluding tert-OH is 1.